The number of hydrogen-bond acceptors (Lipinski definition) is 2. The number of nitrogens with one attached hydrogen (secondary N) is 1. The van der Waals surface area contributed by atoms with Gasteiger partial charge >= 0.3 is 0 Å². The summed E-state index contributed by atoms with van der Waals surface area (Å²) in [6, 6.07) is 10.3. The molecule has 1 N–H and O–H groups in total. The van der Waals surface area contributed by atoms with Crippen molar-refractivity contribution in [1.82, 2.24) is 5.32 Å². The van der Waals surface area contributed by atoms with Gasteiger partial charge in [0.1, 0.15) is 17.4 Å². The molecular weight excluding hydrogens is 300 g/mol. The fraction of sp³-hybridized carbons (Fsp3) is 0.278. The van der Waals surface area contributed by atoms with E-state index in [0.717, 1.165) is 6.07 Å². The molecular formula is C18H19F2NO2. The first kappa shape index (κ1) is 16.9. The molecule has 0 unspecified atom stereocenters. The molecule has 0 saturated carbocycles. The van der Waals surface area contributed by atoms with Crippen molar-refractivity contribution in [3.05, 3.63) is 65.2 Å². The van der Waals surface area contributed by atoms with Gasteiger partial charge in [0.25, 0.3) is 5.91 Å². The third-order valence-corrected chi connectivity index (χ3v) is 3.12. The second-order valence-electron chi connectivity index (χ2n) is 5.45. The number of carbonyl (C=O) groups is 1. The quantitative estimate of drug-likeness (QED) is 0.881. The summed E-state index contributed by atoms with van der Waals surface area (Å²) < 4.78 is 31.8. The molecule has 3 nitrogen and oxygen atoms in total. The molecule has 1 amide bonds. The molecule has 122 valence electrons. The SMILES string of the molecule is CC(C)Oc1ccccc1C(=O)NCCc1cc(F)cc(F)c1. The van der Waals surface area contributed by atoms with E-state index in [1.807, 2.05) is 13.8 Å². The van der Waals surface area contributed by atoms with E-state index in [1.165, 1.54) is 12.1 Å². The first-order valence-corrected chi connectivity index (χ1v) is 7.44. The van der Waals surface area contributed by atoms with Gasteiger partial charge in [-0.1, -0.05) is 12.1 Å². The zero-order chi connectivity index (χ0) is 16.8. The predicted molar refractivity (Wildman–Crippen MR) is 84.6 cm³/mol. The highest BCUT2D eigenvalue weighted by atomic mass is 19.1. The molecule has 0 aliphatic rings. The van der Waals surface area contributed by atoms with E-state index < -0.39 is 11.6 Å². The molecule has 23 heavy (non-hydrogen) atoms. The van der Waals surface area contributed by atoms with Crippen LogP contribution in [-0.4, -0.2) is 18.6 Å². The van der Waals surface area contributed by atoms with Crippen LogP contribution in [0.5, 0.6) is 5.75 Å². The van der Waals surface area contributed by atoms with E-state index in [9.17, 15) is 13.6 Å². The van der Waals surface area contributed by atoms with Gasteiger partial charge in [0.05, 0.1) is 11.7 Å². The minimum absolute atomic E-state index is 0.0424. The Bertz CT molecular complexity index is 666. The fourth-order valence-electron chi connectivity index (χ4n) is 2.18. The summed E-state index contributed by atoms with van der Waals surface area (Å²) in [7, 11) is 0. The first-order valence-electron chi connectivity index (χ1n) is 7.44. The number of ether oxygens (including phenoxy) is 1. The summed E-state index contributed by atoms with van der Waals surface area (Å²) in [5, 5.41) is 2.74. The van der Waals surface area contributed by atoms with Gasteiger partial charge in [-0.3, -0.25) is 4.79 Å². The van der Waals surface area contributed by atoms with Gasteiger partial charge in [-0.05, 0) is 50.1 Å². The Balaban J connectivity index is 1.97. The maximum atomic E-state index is 13.1. The minimum atomic E-state index is -0.623. The van der Waals surface area contributed by atoms with Crippen LogP contribution in [0.1, 0.15) is 29.8 Å². The number of para-hydroxylation sites is 1. The molecule has 0 radical (unpaired) electrons. The average Bonchev–Trinajstić information content (AvgIpc) is 2.46. The highest BCUT2D eigenvalue weighted by Crippen LogP contribution is 2.19. The van der Waals surface area contributed by atoms with E-state index in [2.05, 4.69) is 5.32 Å². The lowest BCUT2D eigenvalue weighted by Gasteiger charge is -2.14. The molecule has 5 heteroatoms. The highest BCUT2D eigenvalue weighted by molar-refractivity contribution is 5.96. The Morgan fingerprint density at radius 1 is 1.13 bits per heavy atom. The van der Waals surface area contributed by atoms with E-state index in [-0.39, 0.29) is 18.6 Å². The van der Waals surface area contributed by atoms with E-state index in [4.69, 9.17) is 4.74 Å². The Morgan fingerprint density at radius 3 is 2.43 bits per heavy atom. The Labute approximate surface area is 134 Å². The number of carbonyl (C=O) groups excluding carboxylic acids is 1. The molecule has 2 rings (SSSR count). The summed E-state index contributed by atoms with van der Waals surface area (Å²) in [5.74, 6) is -1.01. The second kappa shape index (κ2) is 7.72. The van der Waals surface area contributed by atoms with Crippen molar-refractivity contribution in [3.63, 3.8) is 0 Å². The van der Waals surface area contributed by atoms with Gasteiger partial charge in [0.2, 0.25) is 0 Å². The lowest BCUT2D eigenvalue weighted by molar-refractivity contribution is 0.0948. The van der Waals surface area contributed by atoms with Crippen molar-refractivity contribution >= 4 is 5.91 Å². The van der Waals surface area contributed by atoms with Crippen molar-refractivity contribution < 1.29 is 18.3 Å². The first-order chi connectivity index (χ1) is 11.0. The zero-order valence-corrected chi connectivity index (χ0v) is 13.1. The molecule has 0 aromatic heterocycles. The predicted octanol–water partition coefficient (Wildman–Crippen LogP) is 3.72. The number of amides is 1. The van der Waals surface area contributed by atoms with Crippen LogP contribution in [0.4, 0.5) is 8.78 Å². The van der Waals surface area contributed by atoms with Gasteiger partial charge in [-0.15, -0.1) is 0 Å². The van der Waals surface area contributed by atoms with Crippen molar-refractivity contribution in [2.75, 3.05) is 6.54 Å². The summed E-state index contributed by atoms with van der Waals surface area (Å²) in [4.78, 5) is 12.2. The molecule has 0 atom stereocenters. The van der Waals surface area contributed by atoms with Crippen LogP contribution >= 0.6 is 0 Å². The summed E-state index contributed by atoms with van der Waals surface area (Å²) in [5.41, 5.74) is 0.932. The standard InChI is InChI=1S/C18H19F2NO2/c1-12(2)23-17-6-4-3-5-16(17)18(22)21-8-7-13-9-14(19)11-15(20)10-13/h3-6,9-12H,7-8H2,1-2H3,(H,21,22). The smallest absolute Gasteiger partial charge is 0.255 e. The van der Waals surface area contributed by atoms with Crippen LogP contribution in [0.3, 0.4) is 0 Å². The van der Waals surface area contributed by atoms with Crippen LogP contribution in [-0.2, 0) is 6.42 Å². The van der Waals surface area contributed by atoms with Crippen LogP contribution in [0.15, 0.2) is 42.5 Å². The van der Waals surface area contributed by atoms with Gasteiger partial charge in [-0.25, -0.2) is 8.78 Å². The average molecular weight is 319 g/mol. The Morgan fingerprint density at radius 2 is 1.78 bits per heavy atom. The summed E-state index contributed by atoms with van der Waals surface area (Å²) in [6.45, 7) is 4.04. The normalized spacial score (nSPS) is 10.7. The molecule has 2 aromatic rings. The fourth-order valence-corrected chi connectivity index (χ4v) is 2.18. The molecule has 0 aliphatic heterocycles. The maximum Gasteiger partial charge on any atom is 0.255 e. The third-order valence-electron chi connectivity index (χ3n) is 3.12. The van der Waals surface area contributed by atoms with E-state index in [1.54, 1.807) is 24.3 Å². The molecule has 0 spiro atoms. The number of hydrogen-bond donors (Lipinski definition) is 1. The number of rotatable bonds is 6. The van der Waals surface area contributed by atoms with Gasteiger partial charge in [0.15, 0.2) is 0 Å². The van der Waals surface area contributed by atoms with Gasteiger partial charge < -0.3 is 10.1 Å². The molecule has 0 aliphatic carbocycles. The lowest BCUT2D eigenvalue weighted by atomic mass is 10.1. The second-order valence-corrected chi connectivity index (χ2v) is 5.45. The zero-order valence-electron chi connectivity index (χ0n) is 13.1. The van der Waals surface area contributed by atoms with Crippen molar-refractivity contribution in [1.29, 1.82) is 0 Å². The van der Waals surface area contributed by atoms with Gasteiger partial charge in [-0.2, -0.15) is 0 Å². The molecule has 0 saturated heterocycles. The third kappa shape index (κ3) is 5.06. The molecule has 0 bridgehead atoms. The van der Waals surface area contributed by atoms with Crippen molar-refractivity contribution in [2.24, 2.45) is 0 Å². The molecule has 0 fully saturated rings. The van der Waals surface area contributed by atoms with Crippen LogP contribution in [0.2, 0.25) is 0 Å². The maximum absolute atomic E-state index is 13.1. The van der Waals surface area contributed by atoms with Crippen molar-refractivity contribution in [3.8, 4) is 5.75 Å². The Hall–Kier alpha value is -2.43. The largest absolute Gasteiger partial charge is 0.490 e. The lowest BCUT2D eigenvalue weighted by Crippen LogP contribution is -2.26. The van der Waals surface area contributed by atoms with Crippen LogP contribution in [0, 0.1) is 11.6 Å². The van der Waals surface area contributed by atoms with E-state index in [0.29, 0.717) is 23.3 Å². The molecule has 2 aromatic carbocycles. The topological polar surface area (TPSA) is 38.3 Å². The van der Waals surface area contributed by atoms with Crippen LogP contribution < -0.4 is 10.1 Å². The minimum Gasteiger partial charge on any atom is -0.490 e. The summed E-state index contributed by atoms with van der Waals surface area (Å²) >= 11 is 0. The van der Waals surface area contributed by atoms with E-state index >= 15 is 0 Å². The number of benzene rings is 2. The Kier molecular flexibility index (Phi) is 5.68. The van der Waals surface area contributed by atoms with Gasteiger partial charge in [0, 0.05) is 12.6 Å². The van der Waals surface area contributed by atoms with Crippen molar-refractivity contribution in [2.45, 2.75) is 26.4 Å². The van der Waals surface area contributed by atoms with Crippen LogP contribution in [0.25, 0.3) is 0 Å². The summed E-state index contributed by atoms with van der Waals surface area (Å²) in [6.07, 6.45) is 0.299. The monoisotopic (exact) mass is 319 g/mol. The number of halogens is 2. The molecule has 0 heterocycles. The highest BCUT2D eigenvalue weighted by Gasteiger charge is 2.12.